The molecule has 3 aromatic rings. The third-order valence-electron chi connectivity index (χ3n) is 2.81. The van der Waals surface area contributed by atoms with Crippen LogP contribution in [0.3, 0.4) is 0 Å². The summed E-state index contributed by atoms with van der Waals surface area (Å²) in [5, 5.41) is 2.74. The van der Waals surface area contributed by atoms with Gasteiger partial charge in [0.2, 0.25) is 5.95 Å². The first-order valence-corrected chi connectivity index (χ1v) is 6.56. The number of ether oxygens (including phenoxy) is 1. The number of nitrogens with zero attached hydrogens (tertiary/aromatic N) is 2. The van der Waals surface area contributed by atoms with Crippen molar-refractivity contribution in [2.75, 3.05) is 11.9 Å². The van der Waals surface area contributed by atoms with E-state index in [-0.39, 0.29) is 24.1 Å². The van der Waals surface area contributed by atoms with E-state index in [4.69, 9.17) is 9.15 Å². The summed E-state index contributed by atoms with van der Waals surface area (Å²) >= 11 is 0. The fourth-order valence-corrected chi connectivity index (χ4v) is 1.84. The fraction of sp³-hybridized carbons (Fsp3) is 0.143. The van der Waals surface area contributed by atoms with Crippen LogP contribution < -0.4 is 10.9 Å². The molecule has 0 amide bonds. The molecular formula is C14H12N4O4. The second kappa shape index (κ2) is 5.68. The lowest BCUT2D eigenvalue weighted by atomic mass is 10.3. The molecule has 0 aliphatic rings. The Bertz CT molecular complexity index is 851. The summed E-state index contributed by atoms with van der Waals surface area (Å²) in [7, 11) is 0. The van der Waals surface area contributed by atoms with Crippen LogP contribution in [0.5, 0.6) is 0 Å². The minimum Gasteiger partial charge on any atom is -0.462 e. The summed E-state index contributed by atoms with van der Waals surface area (Å²) in [6.07, 6.45) is 1.14. The van der Waals surface area contributed by atoms with Gasteiger partial charge in [-0.15, -0.1) is 0 Å². The van der Waals surface area contributed by atoms with Gasteiger partial charge in [0.05, 0.1) is 12.8 Å². The van der Waals surface area contributed by atoms with Gasteiger partial charge in [-0.3, -0.25) is 15.1 Å². The number of rotatable bonds is 4. The predicted octanol–water partition coefficient (Wildman–Crippen LogP) is 1.83. The molecule has 3 rings (SSSR count). The number of esters is 1. The number of anilines is 2. The molecule has 2 heterocycles. The predicted molar refractivity (Wildman–Crippen MR) is 78.1 cm³/mol. The van der Waals surface area contributed by atoms with Gasteiger partial charge in [-0.1, -0.05) is 12.1 Å². The van der Waals surface area contributed by atoms with Gasteiger partial charge in [0.1, 0.15) is 11.1 Å². The molecule has 0 spiro atoms. The van der Waals surface area contributed by atoms with E-state index >= 15 is 0 Å². The molecule has 0 aliphatic heterocycles. The standard InChI is InChI=1S/C14H12N4O4/c1-2-21-12(20)8-7-15-13(17-11(8)19)18-14-16-9-5-3-4-6-10(9)22-14/h3-7H,2H2,1H3,(H2,15,16,17,18,19). The summed E-state index contributed by atoms with van der Waals surface area (Å²) in [6, 6.07) is 7.42. The lowest BCUT2D eigenvalue weighted by Gasteiger charge is -2.02. The minimum atomic E-state index is -0.718. The van der Waals surface area contributed by atoms with Crippen LogP contribution in [0.2, 0.25) is 0 Å². The monoisotopic (exact) mass is 300 g/mol. The number of hydrogen-bond donors (Lipinski definition) is 2. The maximum absolute atomic E-state index is 11.8. The van der Waals surface area contributed by atoms with Gasteiger partial charge in [-0.2, -0.15) is 4.98 Å². The number of aromatic amines is 1. The van der Waals surface area contributed by atoms with Crippen molar-refractivity contribution in [2.24, 2.45) is 0 Å². The Balaban J connectivity index is 1.85. The van der Waals surface area contributed by atoms with Crippen molar-refractivity contribution < 1.29 is 13.9 Å². The Kier molecular flexibility index (Phi) is 3.57. The second-order valence-electron chi connectivity index (χ2n) is 4.31. The normalized spacial score (nSPS) is 10.6. The van der Waals surface area contributed by atoms with Crippen molar-refractivity contribution in [1.82, 2.24) is 15.0 Å². The fourth-order valence-electron chi connectivity index (χ4n) is 1.84. The molecule has 0 atom stereocenters. The summed E-state index contributed by atoms with van der Waals surface area (Å²) < 4.78 is 10.2. The minimum absolute atomic E-state index is 0.115. The quantitative estimate of drug-likeness (QED) is 0.707. The molecule has 2 N–H and O–H groups in total. The third-order valence-corrected chi connectivity index (χ3v) is 2.81. The van der Waals surface area contributed by atoms with Crippen LogP contribution in [0.25, 0.3) is 11.1 Å². The summed E-state index contributed by atoms with van der Waals surface area (Å²) in [5.74, 6) is -0.603. The number of oxazole rings is 1. The van der Waals surface area contributed by atoms with Crippen LogP contribution in [0.1, 0.15) is 17.3 Å². The Morgan fingerprint density at radius 1 is 1.41 bits per heavy atom. The second-order valence-corrected chi connectivity index (χ2v) is 4.31. The lowest BCUT2D eigenvalue weighted by Crippen LogP contribution is -2.21. The van der Waals surface area contributed by atoms with E-state index in [1.807, 2.05) is 12.1 Å². The molecule has 8 nitrogen and oxygen atoms in total. The number of para-hydroxylation sites is 2. The van der Waals surface area contributed by atoms with Crippen LogP contribution >= 0.6 is 0 Å². The number of aromatic nitrogens is 3. The van der Waals surface area contributed by atoms with E-state index in [2.05, 4.69) is 20.3 Å². The molecule has 2 aromatic heterocycles. The number of hydrogen-bond acceptors (Lipinski definition) is 7. The lowest BCUT2D eigenvalue weighted by molar-refractivity contribution is 0.0524. The van der Waals surface area contributed by atoms with Crippen LogP contribution in [-0.2, 0) is 4.74 Å². The number of H-pyrrole nitrogens is 1. The molecule has 0 radical (unpaired) electrons. The highest BCUT2D eigenvalue weighted by Gasteiger charge is 2.13. The highest BCUT2D eigenvalue weighted by atomic mass is 16.5. The number of nitrogens with one attached hydrogen (secondary N) is 2. The Hall–Kier alpha value is -3.16. The van der Waals surface area contributed by atoms with E-state index in [9.17, 15) is 9.59 Å². The smallest absolute Gasteiger partial charge is 0.345 e. The number of benzene rings is 1. The molecule has 8 heteroatoms. The van der Waals surface area contributed by atoms with Gasteiger partial charge in [0.15, 0.2) is 5.58 Å². The first-order valence-electron chi connectivity index (χ1n) is 6.56. The molecule has 22 heavy (non-hydrogen) atoms. The highest BCUT2D eigenvalue weighted by Crippen LogP contribution is 2.19. The Morgan fingerprint density at radius 2 is 2.23 bits per heavy atom. The SMILES string of the molecule is CCOC(=O)c1cnc(Nc2nc3ccccc3o2)[nH]c1=O. The van der Waals surface area contributed by atoms with Crippen LogP contribution in [-0.4, -0.2) is 27.5 Å². The number of carbonyl (C=O) groups is 1. The molecule has 0 saturated heterocycles. The largest absolute Gasteiger partial charge is 0.462 e. The van der Waals surface area contributed by atoms with Crippen molar-refractivity contribution in [3.05, 3.63) is 46.4 Å². The van der Waals surface area contributed by atoms with Gasteiger partial charge in [-0.05, 0) is 19.1 Å². The van der Waals surface area contributed by atoms with E-state index in [1.54, 1.807) is 19.1 Å². The average molecular weight is 300 g/mol. The average Bonchev–Trinajstić information content (AvgIpc) is 2.89. The summed E-state index contributed by atoms with van der Waals surface area (Å²) in [4.78, 5) is 33.9. The molecular weight excluding hydrogens is 288 g/mol. The van der Waals surface area contributed by atoms with E-state index in [0.29, 0.717) is 11.1 Å². The maximum atomic E-state index is 11.8. The molecule has 1 aromatic carbocycles. The van der Waals surface area contributed by atoms with E-state index < -0.39 is 11.5 Å². The third kappa shape index (κ3) is 2.66. The summed E-state index contributed by atoms with van der Waals surface area (Å²) in [5.41, 5.74) is 0.517. The zero-order chi connectivity index (χ0) is 15.5. The van der Waals surface area contributed by atoms with E-state index in [0.717, 1.165) is 6.20 Å². The molecule has 0 unspecified atom stereocenters. The Morgan fingerprint density at radius 3 is 2.95 bits per heavy atom. The van der Waals surface area contributed by atoms with Gasteiger partial charge in [0.25, 0.3) is 5.56 Å². The van der Waals surface area contributed by atoms with Gasteiger partial charge >= 0.3 is 12.0 Å². The van der Waals surface area contributed by atoms with Crippen molar-refractivity contribution in [1.29, 1.82) is 0 Å². The zero-order valence-electron chi connectivity index (χ0n) is 11.6. The van der Waals surface area contributed by atoms with Crippen LogP contribution in [0, 0.1) is 0 Å². The molecule has 0 aliphatic carbocycles. The highest BCUT2D eigenvalue weighted by molar-refractivity contribution is 5.88. The molecule has 0 saturated carbocycles. The van der Waals surface area contributed by atoms with Crippen molar-refractivity contribution in [3.63, 3.8) is 0 Å². The summed E-state index contributed by atoms with van der Waals surface area (Å²) in [6.45, 7) is 1.84. The van der Waals surface area contributed by atoms with Gasteiger partial charge in [-0.25, -0.2) is 9.78 Å². The molecule has 0 fully saturated rings. The van der Waals surface area contributed by atoms with Crippen molar-refractivity contribution in [3.8, 4) is 0 Å². The van der Waals surface area contributed by atoms with Crippen LogP contribution in [0.4, 0.5) is 12.0 Å². The van der Waals surface area contributed by atoms with Crippen molar-refractivity contribution >= 4 is 29.0 Å². The maximum Gasteiger partial charge on any atom is 0.345 e. The van der Waals surface area contributed by atoms with Crippen LogP contribution in [0.15, 0.2) is 39.7 Å². The molecule has 112 valence electrons. The first-order chi connectivity index (χ1) is 10.7. The molecule has 0 bridgehead atoms. The number of carbonyl (C=O) groups excluding carboxylic acids is 1. The zero-order valence-corrected chi connectivity index (χ0v) is 11.6. The first kappa shape index (κ1) is 13.8. The Labute approximate surface area is 124 Å². The topological polar surface area (TPSA) is 110 Å². The van der Waals surface area contributed by atoms with Gasteiger partial charge in [0, 0.05) is 0 Å². The number of fused-ring (bicyclic) bond motifs is 1. The van der Waals surface area contributed by atoms with E-state index in [1.165, 1.54) is 0 Å². The van der Waals surface area contributed by atoms with Crippen molar-refractivity contribution in [2.45, 2.75) is 6.92 Å². The van der Waals surface area contributed by atoms with Gasteiger partial charge < -0.3 is 9.15 Å².